The summed E-state index contributed by atoms with van der Waals surface area (Å²) in [7, 11) is -3.55. The van der Waals surface area contributed by atoms with Crippen LogP contribution in [0.2, 0.25) is 0 Å². The van der Waals surface area contributed by atoms with Gasteiger partial charge in [0, 0.05) is 18.3 Å². The van der Waals surface area contributed by atoms with Crippen molar-refractivity contribution in [3.05, 3.63) is 59.7 Å². The Labute approximate surface area is 167 Å². The molecule has 1 atom stereocenters. The fourth-order valence-electron chi connectivity index (χ4n) is 2.62. The zero-order chi connectivity index (χ0) is 20.7. The van der Waals surface area contributed by atoms with Crippen LogP contribution in [0.25, 0.3) is 0 Å². The largest absolute Gasteiger partial charge is 0.382 e. The molecular formula is C21H28N2O4S. The van der Waals surface area contributed by atoms with Gasteiger partial charge in [0.25, 0.3) is 0 Å². The highest BCUT2D eigenvalue weighted by molar-refractivity contribution is 7.87. The van der Waals surface area contributed by atoms with Gasteiger partial charge in [-0.2, -0.15) is 8.42 Å². The molecule has 0 radical (unpaired) electrons. The zero-order valence-electron chi connectivity index (χ0n) is 16.8. The Balaban J connectivity index is 2.12. The van der Waals surface area contributed by atoms with Crippen LogP contribution >= 0.6 is 0 Å². The number of urea groups is 1. The summed E-state index contributed by atoms with van der Waals surface area (Å²) >= 11 is 0. The Morgan fingerprint density at radius 2 is 1.82 bits per heavy atom. The molecule has 0 aliphatic carbocycles. The third-order valence-electron chi connectivity index (χ3n) is 4.51. The number of benzene rings is 2. The molecule has 2 aromatic carbocycles. The summed E-state index contributed by atoms with van der Waals surface area (Å²) in [4.78, 5) is 14.6. The summed E-state index contributed by atoms with van der Waals surface area (Å²) in [5.41, 5.74) is 2.72. The minimum absolute atomic E-state index is 0.0428. The van der Waals surface area contributed by atoms with Gasteiger partial charge in [-0.25, -0.2) is 4.79 Å². The van der Waals surface area contributed by atoms with E-state index < -0.39 is 10.1 Å². The van der Waals surface area contributed by atoms with Gasteiger partial charge in [-0.15, -0.1) is 0 Å². The predicted molar refractivity (Wildman–Crippen MR) is 112 cm³/mol. The lowest BCUT2D eigenvalue weighted by molar-refractivity contribution is 0.187. The van der Waals surface area contributed by atoms with Gasteiger partial charge in [0.15, 0.2) is 0 Å². The number of amides is 2. The lowest BCUT2D eigenvalue weighted by atomic mass is 10.1. The van der Waals surface area contributed by atoms with Crippen molar-refractivity contribution in [1.82, 2.24) is 4.90 Å². The molecule has 0 fully saturated rings. The molecule has 2 rings (SSSR count). The zero-order valence-corrected chi connectivity index (χ0v) is 17.6. The molecule has 1 N–H and O–H groups in total. The highest BCUT2D eigenvalue weighted by Crippen LogP contribution is 2.19. The minimum atomic E-state index is -3.55. The number of hydrogen-bond donors (Lipinski definition) is 1. The molecule has 152 valence electrons. The molecule has 28 heavy (non-hydrogen) atoms. The molecule has 0 heterocycles. The number of carbonyl (C=O) groups excluding carboxylic acids is 1. The highest BCUT2D eigenvalue weighted by atomic mass is 32.2. The standard InChI is InChI=1S/C21H28N2O4S/c1-5-17(4)23(21(24)22-19-9-7-8-16(3)14-19)15-18-10-12-20(13-11-18)27-28(25,26)6-2/h7-14,17H,5-6,15H2,1-4H3,(H,22,24)/t17-/m1/s1. The van der Waals surface area contributed by atoms with E-state index in [0.29, 0.717) is 6.54 Å². The van der Waals surface area contributed by atoms with E-state index in [1.807, 2.05) is 45.0 Å². The first-order valence-electron chi connectivity index (χ1n) is 9.39. The van der Waals surface area contributed by atoms with Gasteiger partial charge in [-0.1, -0.05) is 31.2 Å². The topological polar surface area (TPSA) is 75.7 Å². The first kappa shape index (κ1) is 21.8. The third-order valence-corrected chi connectivity index (χ3v) is 5.66. The molecule has 6 nitrogen and oxygen atoms in total. The Bertz CT molecular complexity index is 895. The molecule has 7 heteroatoms. The molecule has 0 aromatic heterocycles. The minimum Gasteiger partial charge on any atom is -0.382 e. The third kappa shape index (κ3) is 6.27. The van der Waals surface area contributed by atoms with Crippen molar-refractivity contribution in [2.75, 3.05) is 11.1 Å². The van der Waals surface area contributed by atoms with E-state index in [1.54, 1.807) is 29.2 Å². The van der Waals surface area contributed by atoms with Crippen LogP contribution in [0, 0.1) is 6.92 Å². The van der Waals surface area contributed by atoms with Crippen LogP contribution in [0.4, 0.5) is 10.5 Å². The van der Waals surface area contributed by atoms with E-state index in [-0.39, 0.29) is 23.6 Å². The summed E-state index contributed by atoms with van der Waals surface area (Å²) in [6.07, 6.45) is 0.817. The molecule has 0 spiro atoms. The number of rotatable bonds is 8. The molecule has 0 bridgehead atoms. The normalized spacial score (nSPS) is 12.3. The van der Waals surface area contributed by atoms with Gasteiger partial charge in [0.1, 0.15) is 5.75 Å². The molecule has 0 aliphatic heterocycles. The van der Waals surface area contributed by atoms with Crippen molar-refractivity contribution < 1.29 is 17.4 Å². The van der Waals surface area contributed by atoms with E-state index in [2.05, 4.69) is 5.32 Å². The Kier molecular flexibility index (Phi) is 7.45. The number of anilines is 1. The molecule has 0 saturated carbocycles. The van der Waals surface area contributed by atoms with Gasteiger partial charge in [0.2, 0.25) is 0 Å². The smallest absolute Gasteiger partial charge is 0.322 e. The fourth-order valence-corrected chi connectivity index (χ4v) is 3.14. The van der Waals surface area contributed by atoms with Crippen LogP contribution in [0.3, 0.4) is 0 Å². The van der Waals surface area contributed by atoms with Gasteiger partial charge in [0.05, 0.1) is 5.75 Å². The average Bonchev–Trinajstić information content (AvgIpc) is 2.66. The molecule has 0 aliphatic rings. The van der Waals surface area contributed by atoms with E-state index in [4.69, 9.17) is 4.18 Å². The maximum absolute atomic E-state index is 12.8. The Hall–Kier alpha value is -2.54. The number of nitrogens with one attached hydrogen (secondary N) is 1. The van der Waals surface area contributed by atoms with Crippen LogP contribution in [-0.4, -0.2) is 31.1 Å². The summed E-state index contributed by atoms with van der Waals surface area (Å²) in [6.45, 7) is 7.95. The van der Waals surface area contributed by atoms with Gasteiger partial charge in [-0.3, -0.25) is 0 Å². The lowest BCUT2D eigenvalue weighted by Crippen LogP contribution is -2.40. The van der Waals surface area contributed by atoms with Crippen molar-refractivity contribution in [3.63, 3.8) is 0 Å². The maximum Gasteiger partial charge on any atom is 0.322 e. The van der Waals surface area contributed by atoms with Gasteiger partial charge in [-0.05, 0) is 62.6 Å². The summed E-state index contributed by atoms with van der Waals surface area (Å²) in [6, 6.07) is 14.3. The van der Waals surface area contributed by atoms with Crippen LogP contribution in [0.5, 0.6) is 5.75 Å². The lowest BCUT2D eigenvalue weighted by Gasteiger charge is -2.29. The predicted octanol–water partition coefficient (Wildman–Crippen LogP) is 4.56. The Morgan fingerprint density at radius 3 is 2.39 bits per heavy atom. The molecule has 0 unspecified atom stereocenters. The summed E-state index contributed by atoms with van der Waals surface area (Å²) < 4.78 is 28.1. The molecule has 0 saturated heterocycles. The van der Waals surface area contributed by atoms with Crippen molar-refractivity contribution in [2.24, 2.45) is 0 Å². The van der Waals surface area contributed by atoms with Gasteiger partial charge < -0.3 is 14.4 Å². The Morgan fingerprint density at radius 1 is 1.14 bits per heavy atom. The number of nitrogens with zero attached hydrogens (tertiary/aromatic N) is 1. The van der Waals surface area contributed by atoms with E-state index in [0.717, 1.165) is 23.2 Å². The van der Waals surface area contributed by atoms with Crippen LogP contribution < -0.4 is 9.50 Å². The second-order valence-electron chi connectivity index (χ2n) is 6.76. The average molecular weight is 405 g/mol. The van der Waals surface area contributed by atoms with Crippen molar-refractivity contribution >= 4 is 21.8 Å². The van der Waals surface area contributed by atoms with Crippen LogP contribution in [-0.2, 0) is 16.7 Å². The van der Waals surface area contributed by atoms with E-state index in [1.165, 1.54) is 6.92 Å². The second-order valence-corrected chi connectivity index (χ2v) is 8.62. The van der Waals surface area contributed by atoms with Crippen molar-refractivity contribution in [2.45, 2.75) is 46.7 Å². The highest BCUT2D eigenvalue weighted by Gasteiger charge is 2.20. The maximum atomic E-state index is 12.8. The molecular weight excluding hydrogens is 376 g/mol. The number of hydrogen-bond acceptors (Lipinski definition) is 4. The molecule has 2 amide bonds. The second kappa shape index (κ2) is 9.59. The molecule has 2 aromatic rings. The van der Waals surface area contributed by atoms with Crippen molar-refractivity contribution in [1.29, 1.82) is 0 Å². The summed E-state index contributed by atoms with van der Waals surface area (Å²) in [5.74, 6) is 0.181. The van der Waals surface area contributed by atoms with Crippen molar-refractivity contribution in [3.8, 4) is 5.75 Å². The summed E-state index contributed by atoms with van der Waals surface area (Å²) in [5, 5.41) is 2.95. The number of aryl methyl sites for hydroxylation is 1. The number of carbonyl (C=O) groups is 1. The quantitative estimate of drug-likeness (QED) is 0.655. The van der Waals surface area contributed by atoms with E-state index >= 15 is 0 Å². The van der Waals surface area contributed by atoms with Crippen LogP contribution in [0.1, 0.15) is 38.3 Å². The monoisotopic (exact) mass is 404 g/mol. The first-order chi connectivity index (χ1) is 13.2. The first-order valence-corrected chi connectivity index (χ1v) is 11.0. The van der Waals surface area contributed by atoms with E-state index in [9.17, 15) is 13.2 Å². The SMILES string of the molecule is CC[C@@H](C)N(Cc1ccc(OS(=O)(=O)CC)cc1)C(=O)Nc1cccc(C)c1. The van der Waals surface area contributed by atoms with Crippen LogP contribution in [0.15, 0.2) is 48.5 Å². The fraction of sp³-hybridized carbons (Fsp3) is 0.381. The van der Waals surface area contributed by atoms with Gasteiger partial charge >= 0.3 is 16.1 Å².